The summed E-state index contributed by atoms with van der Waals surface area (Å²) in [5.74, 6) is 0.615. The molecule has 0 spiro atoms. The van der Waals surface area contributed by atoms with Crippen molar-refractivity contribution in [2.75, 3.05) is 24.2 Å². The zero-order valence-electron chi connectivity index (χ0n) is 12.6. The molecule has 1 aliphatic heterocycles. The molecule has 2 aromatic heterocycles. The zero-order chi connectivity index (χ0) is 16.6. The molecule has 126 valence electrons. The standard InChI is InChI=1S/C13H20N6O4/c1-2-3-15-13-18-7-10(14)16-5-17-11(7)19(13)12-9(22)8(21)6(4-20)23-12/h5-6,8-9,12,20-22H,2-4H2,1H3,(H,15,18)(H2,14,16,17)/t6-,8-,9-,12?/m1/s1. The highest BCUT2D eigenvalue weighted by atomic mass is 16.6. The summed E-state index contributed by atoms with van der Waals surface area (Å²) < 4.78 is 7.11. The van der Waals surface area contributed by atoms with Crippen molar-refractivity contribution in [2.24, 2.45) is 0 Å². The molecule has 0 bridgehead atoms. The minimum atomic E-state index is -1.23. The fraction of sp³-hybridized carbons (Fsp3) is 0.615. The molecule has 3 rings (SSSR count). The molecule has 0 aromatic carbocycles. The Bertz CT molecular complexity index is 692. The summed E-state index contributed by atoms with van der Waals surface area (Å²) in [5, 5.41) is 32.6. The van der Waals surface area contributed by atoms with Gasteiger partial charge in [0.25, 0.3) is 0 Å². The fourth-order valence-corrected chi connectivity index (χ4v) is 2.62. The first kappa shape index (κ1) is 15.9. The van der Waals surface area contributed by atoms with Crippen LogP contribution in [0.25, 0.3) is 11.2 Å². The van der Waals surface area contributed by atoms with Gasteiger partial charge in [0.15, 0.2) is 23.2 Å². The third-order valence-corrected chi connectivity index (χ3v) is 3.81. The summed E-state index contributed by atoms with van der Waals surface area (Å²) in [6.07, 6.45) is -2.11. The molecule has 0 amide bonds. The molecular formula is C13H20N6O4. The van der Waals surface area contributed by atoms with Gasteiger partial charge in [-0.25, -0.2) is 15.0 Å². The van der Waals surface area contributed by atoms with Crippen molar-refractivity contribution in [3.05, 3.63) is 6.33 Å². The van der Waals surface area contributed by atoms with E-state index in [0.717, 1.165) is 6.42 Å². The topological polar surface area (TPSA) is 152 Å². The molecule has 4 atom stereocenters. The number of rotatable bonds is 5. The summed E-state index contributed by atoms with van der Waals surface area (Å²) in [6.45, 7) is 2.24. The van der Waals surface area contributed by atoms with Gasteiger partial charge in [-0.3, -0.25) is 4.57 Å². The van der Waals surface area contributed by atoms with Gasteiger partial charge in [0.1, 0.15) is 24.6 Å². The monoisotopic (exact) mass is 324 g/mol. The SMILES string of the molecule is CCCNc1nc2c(N)ncnc2n1C1O[C@H](CO)[C@@H](O)[C@H]1O. The maximum atomic E-state index is 10.3. The van der Waals surface area contributed by atoms with Crippen molar-refractivity contribution >= 4 is 22.9 Å². The van der Waals surface area contributed by atoms with Gasteiger partial charge in [0.05, 0.1) is 6.61 Å². The molecule has 0 radical (unpaired) electrons. The minimum absolute atomic E-state index is 0.208. The van der Waals surface area contributed by atoms with Gasteiger partial charge in [-0.1, -0.05) is 6.92 Å². The second kappa shape index (κ2) is 6.24. The number of ether oxygens (including phenoxy) is 1. The molecule has 0 saturated carbocycles. The summed E-state index contributed by atoms with van der Waals surface area (Å²) in [7, 11) is 0. The lowest BCUT2D eigenvalue weighted by atomic mass is 10.1. The Hall–Kier alpha value is -2.01. The van der Waals surface area contributed by atoms with Gasteiger partial charge in [-0.2, -0.15) is 0 Å². The van der Waals surface area contributed by atoms with Gasteiger partial charge in [0.2, 0.25) is 5.95 Å². The number of hydrogen-bond acceptors (Lipinski definition) is 9. The number of nitrogens with zero attached hydrogens (tertiary/aromatic N) is 4. The van der Waals surface area contributed by atoms with Gasteiger partial charge in [-0.15, -0.1) is 0 Å². The average Bonchev–Trinajstić information content (AvgIpc) is 3.05. The highest BCUT2D eigenvalue weighted by molar-refractivity contribution is 5.84. The smallest absolute Gasteiger partial charge is 0.207 e. The van der Waals surface area contributed by atoms with E-state index in [1.807, 2.05) is 6.92 Å². The lowest BCUT2D eigenvalue weighted by molar-refractivity contribution is -0.0501. The highest BCUT2D eigenvalue weighted by Gasteiger charge is 2.45. The first-order valence-electron chi connectivity index (χ1n) is 7.43. The molecule has 1 unspecified atom stereocenters. The van der Waals surface area contributed by atoms with E-state index in [2.05, 4.69) is 20.3 Å². The molecule has 23 heavy (non-hydrogen) atoms. The molecule has 1 fully saturated rings. The number of hydrogen-bond donors (Lipinski definition) is 5. The van der Waals surface area contributed by atoms with E-state index < -0.39 is 31.1 Å². The van der Waals surface area contributed by atoms with E-state index in [1.165, 1.54) is 10.9 Å². The molecular weight excluding hydrogens is 304 g/mol. The summed E-state index contributed by atoms with van der Waals surface area (Å²) >= 11 is 0. The van der Waals surface area contributed by atoms with Gasteiger partial charge in [-0.05, 0) is 6.42 Å². The van der Waals surface area contributed by atoms with Crippen LogP contribution in [0.4, 0.5) is 11.8 Å². The van der Waals surface area contributed by atoms with Crippen molar-refractivity contribution < 1.29 is 20.1 Å². The Labute approximate surface area is 131 Å². The Balaban J connectivity index is 2.09. The fourth-order valence-electron chi connectivity index (χ4n) is 2.62. The predicted octanol–water partition coefficient (Wildman–Crippen LogP) is -1.16. The number of imidazole rings is 1. The number of anilines is 2. The predicted molar refractivity (Wildman–Crippen MR) is 81.5 cm³/mol. The summed E-state index contributed by atoms with van der Waals surface area (Å²) in [4.78, 5) is 12.4. The maximum Gasteiger partial charge on any atom is 0.207 e. The first-order valence-corrected chi connectivity index (χ1v) is 7.43. The second-order valence-corrected chi connectivity index (χ2v) is 5.39. The van der Waals surface area contributed by atoms with Gasteiger partial charge >= 0.3 is 0 Å². The number of fused-ring (bicyclic) bond motifs is 1. The molecule has 2 aromatic rings. The number of aliphatic hydroxyl groups is 3. The van der Waals surface area contributed by atoms with E-state index in [0.29, 0.717) is 23.7 Å². The van der Waals surface area contributed by atoms with Crippen molar-refractivity contribution in [1.29, 1.82) is 0 Å². The van der Waals surface area contributed by atoms with Crippen LogP contribution < -0.4 is 11.1 Å². The van der Waals surface area contributed by atoms with Gasteiger partial charge < -0.3 is 31.1 Å². The van der Waals surface area contributed by atoms with Crippen LogP contribution in [0.5, 0.6) is 0 Å². The number of nitrogen functional groups attached to an aromatic ring is 1. The molecule has 0 aliphatic carbocycles. The van der Waals surface area contributed by atoms with E-state index in [9.17, 15) is 15.3 Å². The minimum Gasteiger partial charge on any atom is -0.394 e. The molecule has 10 nitrogen and oxygen atoms in total. The van der Waals surface area contributed by atoms with E-state index in [4.69, 9.17) is 10.5 Å². The quantitative estimate of drug-likeness (QED) is 0.458. The lowest BCUT2D eigenvalue weighted by Gasteiger charge is -2.19. The largest absolute Gasteiger partial charge is 0.394 e. The van der Waals surface area contributed by atoms with Crippen LogP contribution >= 0.6 is 0 Å². The summed E-state index contributed by atoms with van der Waals surface area (Å²) in [5.41, 5.74) is 6.59. The van der Waals surface area contributed by atoms with Crippen molar-refractivity contribution in [3.63, 3.8) is 0 Å². The Morgan fingerprint density at radius 2 is 2.13 bits per heavy atom. The zero-order valence-corrected chi connectivity index (χ0v) is 12.6. The van der Waals surface area contributed by atoms with Crippen LogP contribution in [0, 0.1) is 0 Å². The third-order valence-electron chi connectivity index (χ3n) is 3.81. The van der Waals surface area contributed by atoms with Crippen molar-refractivity contribution in [1.82, 2.24) is 19.5 Å². The Morgan fingerprint density at radius 3 is 2.78 bits per heavy atom. The highest BCUT2D eigenvalue weighted by Crippen LogP contribution is 2.34. The number of nitrogens with one attached hydrogen (secondary N) is 1. The molecule has 3 heterocycles. The third kappa shape index (κ3) is 2.59. The maximum absolute atomic E-state index is 10.3. The van der Waals surface area contributed by atoms with Crippen LogP contribution in [0.3, 0.4) is 0 Å². The average molecular weight is 324 g/mol. The van der Waals surface area contributed by atoms with E-state index in [-0.39, 0.29) is 5.82 Å². The summed E-state index contributed by atoms with van der Waals surface area (Å²) in [6, 6.07) is 0. The van der Waals surface area contributed by atoms with Crippen LogP contribution in [0.15, 0.2) is 6.33 Å². The lowest BCUT2D eigenvalue weighted by Crippen LogP contribution is -2.33. The second-order valence-electron chi connectivity index (χ2n) is 5.39. The van der Waals surface area contributed by atoms with Crippen LogP contribution in [0.2, 0.25) is 0 Å². The van der Waals surface area contributed by atoms with Crippen LogP contribution in [-0.4, -0.2) is 66.3 Å². The first-order chi connectivity index (χ1) is 11.1. The normalized spacial score (nSPS) is 27.7. The molecule has 10 heteroatoms. The van der Waals surface area contributed by atoms with E-state index >= 15 is 0 Å². The Kier molecular flexibility index (Phi) is 4.31. The molecule has 6 N–H and O–H groups in total. The number of aromatic nitrogens is 4. The van der Waals surface area contributed by atoms with E-state index in [1.54, 1.807) is 0 Å². The van der Waals surface area contributed by atoms with Gasteiger partial charge in [0, 0.05) is 6.54 Å². The molecule has 1 saturated heterocycles. The van der Waals surface area contributed by atoms with Crippen LogP contribution in [-0.2, 0) is 4.74 Å². The Morgan fingerprint density at radius 1 is 1.35 bits per heavy atom. The number of aliphatic hydroxyl groups excluding tert-OH is 3. The number of nitrogens with two attached hydrogens (primary N) is 1. The molecule has 1 aliphatic rings. The van der Waals surface area contributed by atoms with Crippen molar-refractivity contribution in [3.8, 4) is 0 Å². The van der Waals surface area contributed by atoms with Crippen molar-refractivity contribution in [2.45, 2.75) is 37.9 Å². The van der Waals surface area contributed by atoms with Crippen LogP contribution in [0.1, 0.15) is 19.6 Å².